The molecule has 0 radical (unpaired) electrons. The molecule has 0 bridgehead atoms. The number of hydrogen-bond donors (Lipinski definition) is 0. The van der Waals surface area contributed by atoms with E-state index in [9.17, 15) is 4.79 Å². The van der Waals surface area contributed by atoms with Gasteiger partial charge in [0.2, 0.25) is 0 Å². The molecule has 0 aliphatic rings. The topological polar surface area (TPSA) is 38.7 Å². The number of carbonyl (C=O) groups is 1. The summed E-state index contributed by atoms with van der Waals surface area (Å²) in [6.07, 6.45) is 0. The number of isothiocyanates is 1. The molecule has 1 rings (SSSR count). The van der Waals surface area contributed by atoms with Crippen LogP contribution in [0, 0.1) is 0 Å². The maximum absolute atomic E-state index is 11.3. The molecule has 0 saturated heterocycles. The van der Waals surface area contributed by atoms with Gasteiger partial charge >= 0.3 is 5.97 Å². The molecule has 0 saturated carbocycles. The number of benzene rings is 1. The van der Waals surface area contributed by atoms with Gasteiger partial charge in [0.25, 0.3) is 0 Å². The highest BCUT2D eigenvalue weighted by Gasteiger charge is 2.11. The highest BCUT2D eigenvalue weighted by atomic mass is 35.5. The van der Waals surface area contributed by atoms with Crippen molar-refractivity contribution in [3.63, 3.8) is 0 Å². The van der Waals surface area contributed by atoms with Crippen molar-refractivity contribution in [2.45, 2.75) is 0 Å². The van der Waals surface area contributed by atoms with Crippen LogP contribution in [0.1, 0.15) is 10.4 Å². The quantitative estimate of drug-likeness (QED) is 0.443. The van der Waals surface area contributed by atoms with Crippen molar-refractivity contribution in [3.8, 4) is 0 Å². The summed E-state index contributed by atoms with van der Waals surface area (Å²) in [5.41, 5.74) is 0.675. The van der Waals surface area contributed by atoms with Crippen LogP contribution in [-0.4, -0.2) is 18.2 Å². The second-order valence-electron chi connectivity index (χ2n) is 2.36. The Hall–Kier alpha value is -1.22. The number of rotatable bonds is 2. The molecule has 14 heavy (non-hydrogen) atoms. The SMILES string of the molecule is COC(=O)c1cc(Cl)ccc1N=C=S. The maximum atomic E-state index is 11.3. The summed E-state index contributed by atoms with van der Waals surface area (Å²) in [5.74, 6) is -0.503. The second kappa shape index (κ2) is 4.86. The lowest BCUT2D eigenvalue weighted by molar-refractivity contribution is 0.0602. The van der Waals surface area contributed by atoms with Crippen LogP contribution < -0.4 is 0 Å². The molecular weight excluding hydrogens is 222 g/mol. The first-order valence-corrected chi connectivity index (χ1v) is 4.43. The van der Waals surface area contributed by atoms with Gasteiger partial charge in [-0.05, 0) is 30.4 Å². The van der Waals surface area contributed by atoms with Crippen molar-refractivity contribution in [3.05, 3.63) is 28.8 Å². The Balaban J connectivity index is 3.28. The third kappa shape index (κ3) is 2.39. The molecule has 0 spiro atoms. The molecule has 1 aromatic rings. The van der Waals surface area contributed by atoms with Gasteiger partial charge in [0.15, 0.2) is 0 Å². The normalized spacial score (nSPS) is 9.00. The van der Waals surface area contributed by atoms with Crippen LogP contribution in [0.5, 0.6) is 0 Å². The zero-order chi connectivity index (χ0) is 10.6. The van der Waals surface area contributed by atoms with Crippen molar-refractivity contribution in [1.82, 2.24) is 0 Å². The summed E-state index contributed by atoms with van der Waals surface area (Å²) in [4.78, 5) is 15.0. The van der Waals surface area contributed by atoms with E-state index in [-0.39, 0.29) is 5.56 Å². The summed E-state index contributed by atoms with van der Waals surface area (Å²) < 4.78 is 4.56. The van der Waals surface area contributed by atoms with Gasteiger partial charge in [0.1, 0.15) is 0 Å². The third-order valence-electron chi connectivity index (χ3n) is 1.53. The second-order valence-corrected chi connectivity index (χ2v) is 2.98. The van der Waals surface area contributed by atoms with Crippen molar-refractivity contribution in [2.75, 3.05) is 7.11 Å². The van der Waals surface area contributed by atoms with E-state index in [1.807, 2.05) is 0 Å². The van der Waals surface area contributed by atoms with Crippen LogP contribution in [0.25, 0.3) is 0 Å². The standard InChI is InChI=1S/C9H6ClNO2S/c1-13-9(12)7-4-6(10)2-3-8(7)11-5-14/h2-4H,1H3. The minimum Gasteiger partial charge on any atom is -0.465 e. The molecule has 0 N–H and O–H groups in total. The summed E-state index contributed by atoms with van der Waals surface area (Å²) in [7, 11) is 1.29. The molecule has 0 heterocycles. The van der Waals surface area contributed by atoms with Crippen molar-refractivity contribution < 1.29 is 9.53 Å². The number of thiocarbonyl (C=S) groups is 1. The highest BCUT2D eigenvalue weighted by Crippen LogP contribution is 2.23. The van der Waals surface area contributed by atoms with Gasteiger partial charge in [0.05, 0.1) is 23.5 Å². The van der Waals surface area contributed by atoms with E-state index in [1.54, 1.807) is 12.1 Å². The molecule has 1 aromatic carbocycles. The monoisotopic (exact) mass is 227 g/mol. The summed E-state index contributed by atoms with van der Waals surface area (Å²) >= 11 is 10.2. The van der Waals surface area contributed by atoms with Gasteiger partial charge in [0, 0.05) is 5.02 Å². The van der Waals surface area contributed by atoms with E-state index >= 15 is 0 Å². The van der Waals surface area contributed by atoms with Crippen LogP contribution in [0.3, 0.4) is 0 Å². The number of esters is 1. The first kappa shape index (κ1) is 10.9. The first-order chi connectivity index (χ1) is 6.69. The van der Waals surface area contributed by atoms with Gasteiger partial charge in [-0.3, -0.25) is 0 Å². The van der Waals surface area contributed by atoms with Gasteiger partial charge in [-0.2, -0.15) is 4.99 Å². The third-order valence-corrected chi connectivity index (χ3v) is 1.86. The van der Waals surface area contributed by atoms with Gasteiger partial charge in [-0.15, -0.1) is 0 Å². The molecule has 72 valence electrons. The number of carbonyl (C=O) groups excluding carboxylic acids is 1. The van der Waals surface area contributed by atoms with Crippen LogP contribution >= 0.6 is 23.8 Å². The van der Waals surface area contributed by atoms with Gasteiger partial charge in [-0.25, -0.2) is 4.79 Å². The van der Waals surface area contributed by atoms with Crippen LogP contribution in [-0.2, 0) is 4.74 Å². The molecule has 0 unspecified atom stereocenters. The van der Waals surface area contributed by atoms with Crippen molar-refractivity contribution in [1.29, 1.82) is 0 Å². The zero-order valence-corrected chi connectivity index (χ0v) is 8.85. The van der Waals surface area contributed by atoms with Crippen LogP contribution in [0.4, 0.5) is 5.69 Å². The Bertz CT molecular complexity index is 413. The number of ether oxygens (including phenoxy) is 1. The predicted octanol–water partition coefficient (Wildman–Crippen LogP) is 2.86. The molecule has 5 heteroatoms. The summed E-state index contributed by atoms with van der Waals surface area (Å²) in [6.45, 7) is 0. The number of hydrogen-bond acceptors (Lipinski definition) is 4. The fourth-order valence-corrected chi connectivity index (χ4v) is 1.20. The Morgan fingerprint density at radius 3 is 2.93 bits per heavy atom. The zero-order valence-electron chi connectivity index (χ0n) is 7.28. The number of nitrogens with zero attached hydrogens (tertiary/aromatic N) is 1. The molecule has 3 nitrogen and oxygen atoms in total. The van der Waals surface area contributed by atoms with Crippen molar-refractivity contribution >= 4 is 40.6 Å². The average molecular weight is 228 g/mol. The maximum Gasteiger partial charge on any atom is 0.340 e. The van der Waals surface area contributed by atoms with Gasteiger partial charge in [-0.1, -0.05) is 11.6 Å². The summed E-state index contributed by atoms with van der Waals surface area (Å²) in [6, 6.07) is 4.66. The van der Waals surface area contributed by atoms with E-state index in [2.05, 4.69) is 27.1 Å². The first-order valence-electron chi connectivity index (χ1n) is 3.64. The van der Waals surface area contributed by atoms with E-state index in [1.165, 1.54) is 13.2 Å². The fourth-order valence-electron chi connectivity index (χ4n) is 0.928. The lowest BCUT2D eigenvalue weighted by Crippen LogP contribution is -2.01. The van der Waals surface area contributed by atoms with Crippen LogP contribution in [0.2, 0.25) is 5.02 Å². The van der Waals surface area contributed by atoms with E-state index in [0.29, 0.717) is 10.7 Å². The predicted molar refractivity (Wildman–Crippen MR) is 57.5 cm³/mol. The molecule has 0 fully saturated rings. The molecule has 0 aromatic heterocycles. The minimum atomic E-state index is -0.503. The van der Waals surface area contributed by atoms with E-state index < -0.39 is 5.97 Å². The molecular formula is C9H6ClNO2S. The molecule has 0 aliphatic heterocycles. The largest absolute Gasteiger partial charge is 0.465 e. The molecule has 0 atom stereocenters. The lowest BCUT2D eigenvalue weighted by atomic mass is 10.2. The number of methoxy groups -OCH3 is 1. The fraction of sp³-hybridized carbons (Fsp3) is 0.111. The molecule has 0 amide bonds. The molecule has 0 aliphatic carbocycles. The summed E-state index contributed by atoms with van der Waals surface area (Å²) in [5, 5.41) is 2.62. The van der Waals surface area contributed by atoms with Crippen LogP contribution in [0.15, 0.2) is 23.2 Å². The van der Waals surface area contributed by atoms with Gasteiger partial charge < -0.3 is 4.74 Å². The lowest BCUT2D eigenvalue weighted by Gasteiger charge is -2.02. The minimum absolute atomic E-state index is 0.275. The smallest absolute Gasteiger partial charge is 0.340 e. The number of aliphatic imine (C=N–C) groups is 1. The Morgan fingerprint density at radius 2 is 2.36 bits per heavy atom. The van der Waals surface area contributed by atoms with E-state index in [0.717, 1.165) is 0 Å². The van der Waals surface area contributed by atoms with E-state index in [4.69, 9.17) is 11.6 Å². The Morgan fingerprint density at radius 1 is 1.64 bits per heavy atom. The average Bonchev–Trinajstić information content (AvgIpc) is 2.20. The Kier molecular flexibility index (Phi) is 3.77. The van der Waals surface area contributed by atoms with Crippen molar-refractivity contribution in [2.24, 2.45) is 4.99 Å². The Labute approximate surface area is 91.4 Å². The highest BCUT2D eigenvalue weighted by molar-refractivity contribution is 7.78. The number of halogens is 1.